The first-order valence-corrected chi connectivity index (χ1v) is 7.84. The lowest BCUT2D eigenvalue weighted by molar-refractivity contribution is -0.131. The van der Waals surface area contributed by atoms with Crippen LogP contribution in [-0.4, -0.2) is 11.1 Å². The van der Waals surface area contributed by atoms with Crippen LogP contribution >= 0.6 is 0 Å². The summed E-state index contributed by atoms with van der Waals surface area (Å²) in [4.78, 5) is 10.7. The first-order valence-electron chi connectivity index (χ1n) is 7.84. The zero-order valence-electron chi connectivity index (χ0n) is 13.1. The number of carboxylic acids is 1. The van der Waals surface area contributed by atoms with Gasteiger partial charge in [0.05, 0.1) is 0 Å². The second kappa shape index (κ2) is 5.38. The maximum absolute atomic E-state index is 10.7. The molecule has 20 heavy (non-hydrogen) atoms. The smallest absolute Gasteiger partial charge is 0.327 e. The maximum Gasteiger partial charge on any atom is 0.327 e. The van der Waals surface area contributed by atoms with E-state index in [2.05, 4.69) is 27.4 Å². The van der Waals surface area contributed by atoms with Crippen LogP contribution in [0, 0.1) is 22.7 Å². The van der Waals surface area contributed by atoms with E-state index in [4.69, 9.17) is 5.11 Å². The minimum absolute atomic E-state index is 0.292. The van der Waals surface area contributed by atoms with Crippen molar-refractivity contribution in [2.24, 2.45) is 22.7 Å². The summed E-state index contributed by atoms with van der Waals surface area (Å²) in [6.07, 6.45) is 10.2. The van der Waals surface area contributed by atoms with Gasteiger partial charge in [0.15, 0.2) is 0 Å². The number of hydrogen-bond donors (Lipinski definition) is 1. The largest absolute Gasteiger partial charge is 0.478 e. The highest BCUT2D eigenvalue weighted by Gasteiger charge is 2.52. The van der Waals surface area contributed by atoms with Crippen LogP contribution in [0.3, 0.4) is 0 Å². The lowest BCUT2D eigenvalue weighted by Crippen LogP contribution is -2.49. The third-order valence-electron chi connectivity index (χ3n) is 5.95. The standard InChI is InChI=1S/C18H28O2/c1-13-9-10-15-17(2,3)11-6-12-18(15,4)14(13)7-5-8-16(19)20/h5,8,14-15H,1,6-7,9-12H2,2-4H3,(H,19,20)/b8-5+. The number of hydrogen-bond acceptors (Lipinski definition) is 1. The van der Waals surface area contributed by atoms with Gasteiger partial charge in [-0.25, -0.2) is 4.79 Å². The van der Waals surface area contributed by atoms with Gasteiger partial charge < -0.3 is 5.11 Å². The molecule has 2 aliphatic carbocycles. The number of fused-ring (bicyclic) bond motifs is 1. The van der Waals surface area contributed by atoms with Crippen molar-refractivity contribution in [2.75, 3.05) is 0 Å². The Morgan fingerprint density at radius 3 is 2.75 bits per heavy atom. The van der Waals surface area contributed by atoms with E-state index in [0.717, 1.165) is 18.8 Å². The molecule has 0 aliphatic heterocycles. The van der Waals surface area contributed by atoms with Crippen molar-refractivity contribution in [3.8, 4) is 0 Å². The molecule has 2 heteroatoms. The summed E-state index contributed by atoms with van der Waals surface area (Å²) in [6, 6.07) is 0. The van der Waals surface area contributed by atoms with Crippen LogP contribution in [0.15, 0.2) is 24.3 Å². The van der Waals surface area contributed by atoms with Gasteiger partial charge in [-0.2, -0.15) is 0 Å². The molecule has 3 atom stereocenters. The molecule has 2 rings (SSSR count). The fourth-order valence-electron chi connectivity index (χ4n) is 5.01. The summed E-state index contributed by atoms with van der Waals surface area (Å²) in [7, 11) is 0. The molecule has 2 saturated carbocycles. The zero-order valence-corrected chi connectivity index (χ0v) is 13.1. The highest BCUT2D eigenvalue weighted by Crippen LogP contribution is 2.61. The Hall–Kier alpha value is -1.05. The third-order valence-corrected chi connectivity index (χ3v) is 5.95. The predicted molar refractivity (Wildman–Crippen MR) is 82.5 cm³/mol. The Labute approximate surface area is 123 Å². The number of aliphatic carboxylic acids is 1. The topological polar surface area (TPSA) is 37.3 Å². The average Bonchev–Trinajstić information content (AvgIpc) is 2.31. The highest BCUT2D eigenvalue weighted by atomic mass is 16.4. The fraction of sp³-hybridized carbons (Fsp3) is 0.722. The average molecular weight is 276 g/mol. The highest BCUT2D eigenvalue weighted by molar-refractivity contribution is 5.79. The summed E-state index contributed by atoms with van der Waals surface area (Å²) in [5.41, 5.74) is 2.03. The minimum Gasteiger partial charge on any atom is -0.478 e. The molecule has 0 radical (unpaired) electrons. The van der Waals surface area contributed by atoms with E-state index < -0.39 is 5.97 Å². The molecule has 0 amide bonds. The van der Waals surface area contributed by atoms with E-state index in [0.29, 0.717) is 16.7 Å². The summed E-state index contributed by atoms with van der Waals surface area (Å²) in [5.74, 6) is 0.325. The normalized spacial score (nSPS) is 36.9. The van der Waals surface area contributed by atoms with Crippen molar-refractivity contribution in [2.45, 2.75) is 59.3 Å². The molecular formula is C18H28O2. The first kappa shape index (κ1) is 15.3. The third kappa shape index (κ3) is 2.70. The Morgan fingerprint density at radius 2 is 2.10 bits per heavy atom. The Morgan fingerprint density at radius 1 is 1.40 bits per heavy atom. The van der Waals surface area contributed by atoms with Gasteiger partial charge in [0, 0.05) is 6.08 Å². The molecule has 0 aromatic rings. The molecular weight excluding hydrogens is 248 g/mol. The molecule has 2 fully saturated rings. The van der Waals surface area contributed by atoms with Crippen LogP contribution in [0.5, 0.6) is 0 Å². The molecule has 3 unspecified atom stereocenters. The van der Waals surface area contributed by atoms with Crippen molar-refractivity contribution < 1.29 is 9.90 Å². The van der Waals surface area contributed by atoms with Gasteiger partial charge in [-0.3, -0.25) is 0 Å². The number of carbonyl (C=O) groups is 1. The summed E-state index contributed by atoms with van der Waals surface area (Å²) in [6.45, 7) is 11.5. The number of allylic oxidation sites excluding steroid dienone is 2. The first-order chi connectivity index (χ1) is 9.27. The molecule has 0 bridgehead atoms. The predicted octanol–water partition coefficient (Wildman–Crippen LogP) is 4.82. The molecule has 0 saturated heterocycles. The molecule has 0 spiro atoms. The van der Waals surface area contributed by atoms with Gasteiger partial charge in [-0.05, 0) is 54.8 Å². The van der Waals surface area contributed by atoms with Crippen molar-refractivity contribution in [3.05, 3.63) is 24.3 Å². The van der Waals surface area contributed by atoms with E-state index in [1.807, 2.05) is 6.08 Å². The summed E-state index contributed by atoms with van der Waals surface area (Å²) in [5, 5.41) is 8.78. The molecule has 2 aliphatic rings. The van der Waals surface area contributed by atoms with E-state index >= 15 is 0 Å². The maximum atomic E-state index is 10.7. The van der Waals surface area contributed by atoms with Crippen LogP contribution in [0.1, 0.15) is 59.3 Å². The fourth-order valence-corrected chi connectivity index (χ4v) is 5.01. The zero-order chi connectivity index (χ0) is 15.0. The molecule has 1 N–H and O–H groups in total. The molecule has 112 valence electrons. The molecule has 2 nitrogen and oxygen atoms in total. The summed E-state index contributed by atoms with van der Waals surface area (Å²) < 4.78 is 0. The monoisotopic (exact) mass is 276 g/mol. The number of carboxylic acid groups (broad SMARTS) is 1. The van der Waals surface area contributed by atoms with Crippen molar-refractivity contribution in [1.29, 1.82) is 0 Å². The summed E-state index contributed by atoms with van der Waals surface area (Å²) >= 11 is 0. The quantitative estimate of drug-likeness (QED) is 0.593. The molecule has 0 aromatic carbocycles. The lowest BCUT2D eigenvalue weighted by Gasteiger charge is -2.58. The van der Waals surface area contributed by atoms with Crippen molar-refractivity contribution in [1.82, 2.24) is 0 Å². The molecule has 0 heterocycles. The van der Waals surface area contributed by atoms with Gasteiger partial charge in [0.25, 0.3) is 0 Å². The van der Waals surface area contributed by atoms with Crippen LogP contribution < -0.4 is 0 Å². The minimum atomic E-state index is -0.850. The van der Waals surface area contributed by atoms with Gasteiger partial charge in [-0.1, -0.05) is 45.4 Å². The van der Waals surface area contributed by atoms with Crippen molar-refractivity contribution in [3.63, 3.8) is 0 Å². The van der Waals surface area contributed by atoms with E-state index in [9.17, 15) is 4.79 Å². The second-order valence-corrected chi connectivity index (χ2v) is 7.63. The van der Waals surface area contributed by atoms with E-state index in [-0.39, 0.29) is 0 Å². The second-order valence-electron chi connectivity index (χ2n) is 7.63. The van der Waals surface area contributed by atoms with Gasteiger partial charge >= 0.3 is 5.97 Å². The number of rotatable bonds is 3. The Balaban J connectivity index is 2.24. The van der Waals surface area contributed by atoms with Crippen LogP contribution in [-0.2, 0) is 4.79 Å². The van der Waals surface area contributed by atoms with Crippen molar-refractivity contribution >= 4 is 5.97 Å². The molecule has 0 aromatic heterocycles. The SMILES string of the molecule is C=C1CCC2C(C)(C)CCCC2(C)C1C/C=C/C(=O)O. The van der Waals surface area contributed by atoms with Crippen LogP contribution in [0.25, 0.3) is 0 Å². The van der Waals surface area contributed by atoms with Gasteiger partial charge in [0.1, 0.15) is 0 Å². The Bertz CT molecular complexity index is 433. The van der Waals surface area contributed by atoms with E-state index in [1.165, 1.54) is 37.3 Å². The van der Waals surface area contributed by atoms with Crippen LogP contribution in [0.2, 0.25) is 0 Å². The Kier molecular flexibility index (Phi) is 4.13. The van der Waals surface area contributed by atoms with Crippen LogP contribution in [0.4, 0.5) is 0 Å². The van der Waals surface area contributed by atoms with E-state index in [1.54, 1.807) is 0 Å². The van der Waals surface area contributed by atoms with Gasteiger partial charge in [0.2, 0.25) is 0 Å². The van der Waals surface area contributed by atoms with Gasteiger partial charge in [-0.15, -0.1) is 0 Å². The lowest BCUT2D eigenvalue weighted by atomic mass is 9.47.